The summed E-state index contributed by atoms with van der Waals surface area (Å²) in [6.45, 7) is 2.17. The highest BCUT2D eigenvalue weighted by atomic mass is 32.2. The van der Waals surface area contributed by atoms with Crippen molar-refractivity contribution in [2.45, 2.75) is 24.8 Å². The average molecular weight is 169 g/mol. The molecule has 0 atom stereocenters. The highest BCUT2D eigenvalue weighted by Crippen LogP contribution is 2.19. The number of nitrogens with zero attached hydrogens (tertiary/aromatic N) is 2. The molecule has 0 aliphatic carbocycles. The second kappa shape index (κ2) is 3.81. The smallest absolute Gasteiger partial charge is 0.117 e. The van der Waals surface area contributed by atoms with Crippen LogP contribution in [0.25, 0.3) is 0 Å². The fourth-order valence-electron chi connectivity index (χ4n) is 1.09. The fourth-order valence-corrected chi connectivity index (χ4v) is 1.79. The molecule has 0 aromatic carbocycles. The van der Waals surface area contributed by atoms with Crippen molar-refractivity contribution in [1.29, 1.82) is 0 Å². The minimum atomic E-state index is 1.09. The first-order chi connectivity index (χ1) is 5.29. The van der Waals surface area contributed by atoms with Gasteiger partial charge in [-0.2, -0.15) is 5.10 Å². The molecule has 0 bridgehead atoms. The van der Waals surface area contributed by atoms with Gasteiger partial charge in [0, 0.05) is 12.6 Å². The van der Waals surface area contributed by atoms with Gasteiger partial charge in [0.25, 0.3) is 0 Å². The Balaban J connectivity index is 2.86. The van der Waals surface area contributed by atoms with Gasteiger partial charge in [0.2, 0.25) is 0 Å². The maximum absolute atomic E-state index is 4.08. The molecule has 11 heavy (non-hydrogen) atoms. The topological polar surface area (TPSA) is 17.8 Å². The normalized spacial score (nSPS) is 10.5. The molecule has 0 spiro atoms. The highest BCUT2D eigenvalue weighted by Gasteiger charge is 2.05. The van der Waals surface area contributed by atoms with Gasteiger partial charge in [-0.25, -0.2) is 0 Å². The summed E-state index contributed by atoms with van der Waals surface area (Å²) >= 11 is 1.74. The lowest BCUT2D eigenvalue weighted by atomic mass is 10.2. The lowest BCUT2D eigenvalue weighted by Gasteiger charge is -1.99. The van der Waals surface area contributed by atoms with Crippen molar-refractivity contribution >= 4 is 11.8 Å². The van der Waals surface area contributed by atoms with Crippen LogP contribution in [-0.4, -0.2) is 16.0 Å². The summed E-state index contributed by atoms with van der Waals surface area (Å²) in [7, 11) is 1.96. The molecule has 61 valence electrons. The molecule has 0 unspecified atom stereocenters. The molecular formula is C8H13N2S. The van der Waals surface area contributed by atoms with E-state index in [1.165, 1.54) is 10.6 Å². The van der Waals surface area contributed by atoms with Crippen LogP contribution in [0.2, 0.25) is 0 Å². The predicted molar refractivity (Wildman–Crippen MR) is 47.8 cm³/mol. The maximum atomic E-state index is 4.08. The molecule has 1 aromatic heterocycles. The minimum Gasteiger partial charge on any atom is -0.261 e. The lowest BCUT2D eigenvalue weighted by Crippen LogP contribution is -1.92. The van der Waals surface area contributed by atoms with Crippen molar-refractivity contribution < 1.29 is 0 Å². The summed E-state index contributed by atoms with van der Waals surface area (Å²) in [6, 6.07) is 0. The second-order valence-corrected chi connectivity index (χ2v) is 3.27. The van der Waals surface area contributed by atoms with Crippen molar-refractivity contribution in [3.63, 3.8) is 0 Å². The predicted octanol–water partition coefficient (Wildman–Crippen LogP) is 1.89. The molecule has 1 rings (SSSR count). The van der Waals surface area contributed by atoms with Gasteiger partial charge in [-0.3, -0.25) is 4.68 Å². The van der Waals surface area contributed by atoms with Gasteiger partial charge in [-0.05, 0) is 12.7 Å². The molecule has 0 saturated heterocycles. The van der Waals surface area contributed by atoms with Gasteiger partial charge < -0.3 is 0 Å². The molecule has 1 aromatic rings. The third-order valence-corrected chi connectivity index (χ3v) is 2.48. The van der Waals surface area contributed by atoms with Crippen molar-refractivity contribution in [2.24, 2.45) is 7.05 Å². The Morgan fingerprint density at radius 1 is 1.64 bits per heavy atom. The monoisotopic (exact) mass is 169 g/mol. The Hall–Kier alpha value is -0.440. The number of hydrogen-bond acceptors (Lipinski definition) is 2. The van der Waals surface area contributed by atoms with Crippen LogP contribution in [0, 0.1) is 6.20 Å². The van der Waals surface area contributed by atoms with E-state index in [-0.39, 0.29) is 0 Å². The van der Waals surface area contributed by atoms with Crippen molar-refractivity contribution in [3.8, 4) is 0 Å². The Morgan fingerprint density at radius 3 is 2.91 bits per heavy atom. The number of rotatable bonds is 3. The molecule has 0 N–H and O–H groups in total. The molecule has 1 radical (unpaired) electrons. The molecule has 0 saturated carbocycles. The zero-order valence-corrected chi connectivity index (χ0v) is 8.03. The summed E-state index contributed by atoms with van der Waals surface area (Å²) in [6.07, 6.45) is 7.34. The van der Waals surface area contributed by atoms with Gasteiger partial charge in [0.1, 0.15) is 6.20 Å². The van der Waals surface area contributed by atoms with Crippen LogP contribution in [0.15, 0.2) is 5.03 Å². The number of aromatic nitrogens is 2. The lowest BCUT2D eigenvalue weighted by molar-refractivity contribution is 0.691. The van der Waals surface area contributed by atoms with Crippen LogP contribution in [0.5, 0.6) is 0 Å². The minimum absolute atomic E-state index is 1.09. The van der Waals surface area contributed by atoms with E-state index in [0.717, 1.165) is 12.8 Å². The zero-order valence-electron chi connectivity index (χ0n) is 7.22. The Bertz CT molecular complexity index is 230. The quantitative estimate of drug-likeness (QED) is 0.643. The Kier molecular flexibility index (Phi) is 3.00. The van der Waals surface area contributed by atoms with E-state index < -0.39 is 0 Å². The van der Waals surface area contributed by atoms with Crippen molar-refractivity contribution in [1.82, 2.24) is 9.78 Å². The van der Waals surface area contributed by atoms with E-state index in [1.807, 2.05) is 11.7 Å². The third-order valence-electron chi connectivity index (χ3n) is 1.58. The van der Waals surface area contributed by atoms with Crippen LogP contribution in [0.4, 0.5) is 0 Å². The molecule has 0 amide bonds. The van der Waals surface area contributed by atoms with E-state index in [0.29, 0.717) is 0 Å². The van der Waals surface area contributed by atoms with Gasteiger partial charge in [-0.15, -0.1) is 11.8 Å². The SMILES string of the molecule is CCCc1[c]nn(C)c1SC. The van der Waals surface area contributed by atoms with E-state index in [9.17, 15) is 0 Å². The summed E-state index contributed by atoms with van der Waals surface area (Å²) in [5.74, 6) is 0. The Morgan fingerprint density at radius 2 is 2.36 bits per heavy atom. The molecule has 3 heteroatoms. The van der Waals surface area contributed by atoms with Crippen molar-refractivity contribution in [3.05, 3.63) is 11.8 Å². The highest BCUT2D eigenvalue weighted by molar-refractivity contribution is 7.98. The van der Waals surface area contributed by atoms with Crippen LogP contribution < -0.4 is 0 Å². The number of thioether (sulfide) groups is 1. The molecule has 0 aliphatic heterocycles. The number of hydrogen-bond donors (Lipinski definition) is 0. The fraction of sp³-hybridized carbons (Fsp3) is 0.625. The summed E-state index contributed by atoms with van der Waals surface area (Å²) in [5.41, 5.74) is 1.25. The second-order valence-electron chi connectivity index (χ2n) is 2.47. The van der Waals surface area contributed by atoms with E-state index in [1.54, 1.807) is 11.8 Å². The molecule has 0 aliphatic rings. The molecule has 1 heterocycles. The zero-order chi connectivity index (χ0) is 8.27. The van der Waals surface area contributed by atoms with Crippen LogP contribution >= 0.6 is 11.8 Å². The van der Waals surface area contributed by atoms with Crippen LogP contribution in [0.1, 0.15) is 18.9 Å². The summed E-state index contributed by atoms with van der Waals surface area (Å²) in [4.78, 5) is 0. The molecule has 0 fully saturated rings. The van der Waals surface area contributed by atoms with E-state index in [2.05, 4.69) is 24.5 Å². The summed E-state index contributed by atoms with van der Waals surface area (Å²) < 4.78 is 1.88. The average Bonchev–Trinajstić information content (AvgIpc) is 2.33. The summed E-state index contributed by atoms with van der Waals surface area (Å²) in [5, 5.41) is 5.32. The van der Waals surface area contributed by atoms with Gasteiger partial charge in [0.15, 0.2) is 0 Å². The van der Waals surface area contributed by atoms with Gasteiger partial charge in [-0.1, -0.05) is 13.3 Å². The van der Waals surface area contributed by atoms with Crippen molar-refractivity contribution in [2.75, 3.05) is 6.26 Å². The largest absolute Gasteiger partial charge is 0.261 e. The van der Waals surface area contributed by atoms with Gasteiger partial charge in [0.05, 0.1) is 5.03 Å². The Labute approximate surface area is 72.0 Å². The standard InChI is InChI=1S/C8H13N2S/c1-4-5-7-6-9-10(2)8(7)11-3/h4-5H2,1-3H3. The van der Waals surface area contributed by atoms with Crippen LogP contribution in [0.3, 0.4) is 0 Å². The number of aryl methyl sites for hydroxylation is 2. The molecular weight excluding hydrogens is 156 g/mol. The maximum Gasteiger partial charge on any atom is 0.117 e. The first kappa shape index (κ1) is 8.65. The third kappa shape index (κ3) is 1.77. The molecule has 2 nitrogen and oxygen atoms in total. The van der Waals surface area contributed by atoms with E-state index in [4.69, 9.17) is 0 Å². The first-order valence-electron chi connectivity index (χ1n) is 3.77. The van der Waals surface area contributed by atoms with Crippen LogP contribution in [-0.2, 0) is 13.5 Å². The van der Waals surface area contributed by atoms with E-state index >= 15 is 0 Å². The van der Waals surface area contributed by atoms with Gasteiger partial charge >= 0.3 is 0 Å². The first-order valence-corrected chi connectivity index (χ1v) is 4.99.